The van der Waals surface area contributed by atoms with Crippen molar-refractivity contribution in [3.05, 3.63) is 0 Å². The molecule has 90 valence electrons. The van der Waals surface area contributed by atoms with Crippen LogP contribution in [0, 0.1) is 0 Å². The number of alkyl carbamates (subject to hydrolysis) is 1. The van der Waals surface area contributed by atoms with Gasteiger partial charge in [-0.15, -0.1) is 0 Å². The van der Waals surface area contributed by atoms with Gasteiger partial charge in [0.25, 0.3) is 0 Å². The van der Waals surface area contributed by atoms with Crippen LogP contribution in [0.4, 0.5) is 4.79 Å². The Balaban J connectivity index is 3.67. The van der Waals surface area contributed by atoms with E-state index in [9.17, 15) is 4.79 Å². The minimum atomic E-state index is -0.485. The van der Waals surface area contributed by atoms with Crippen molar-refractivity contribution in [3.8, 4) is 0 Å². The fourth-order valence-corrected chi connectivity index (χ4v) is 1.04. The Kier molecular flexibility index (Phi) is 6.27. The molecule has 0 saturated heterocycles. The van der Waals surface area contributed by atoms with Crippen molar-refractivity contribution in [1.29, 1.82) is 0 Å². The molecule has 0 aromatic heterocycles. The lowest BCUT2D eigenvalue weighted by atomic mass is 10.2. The summed E-state index contributed by atoms with van der Waals surface area (Å²) in [4.78, 5) is 11.3. The summed E-state index contributed by atoms with van der Waals surface area (Å²) in [5, 5.41) is 2.57. The van der Waals surface area contributed by atoms with E-state index >= 15 is 0 Å². The van der Waals surface area contributed by atoms with Crippen molar-refractivity contribution in [2.75, 3.05) is 6.54 Å². The Bertz CT molecular complexity index is 190. The molecule has 0 aromatic carbocycles. The Morgan fingerprint density at radius 3 is 2.47 bits per heavy atom. The van der Waals surface area contributed by atoms with Gasteiger partial charge in [-0.05, 0) is 46.6 Å². The summed E-state index contributed by atoms with van der Waals surface area (Å²) >= 11 is 0. The van der Waals surface area contributed by atoms with Crippen molar-refractivity contribution >= 4 is 6.09 Å². The third-order valence-corrected chi connectivity index (χ3v) is 1.67. The maximum Gasteiger partial charge on any atom is 0.408 e. The maximum atomic E-state index is 11.3. The van der Waals surface area contributed by atoms with Crippen LogP contribution in [-0.2, 0) is 4.74 Å². The third-order valence-electron chi connectivity index (χ3n) is 1.67. The summed E-state index contributed by atoms with van der Waals surface area (Å²) in [5.41, 5.74) is 10.5. The number of hydrogen-bond donors (Lipinski definition) is 3. The van der Waals surface area contributed by atoms with Crippen LogP contribution in [0.15, 0.2) is 0 Å². The SMILES string of the molecule is CC(C)(C)OC(=O)NC(N)CCCCN. The summed E-state index contributed by atoms with van der Waals surface area (Å²) in [6.45, 7) is 6.09. The monoisotopic (exact) mass is 217 g/mol. The van der Waals surface area contributed by atoms with Gasteiger partial charge >= 0.3 is 6.09 Å². The number of amides is 1. The summed E-state index contributed by atoms with van der Waals surface area (Å²) in [6.07, 6.45) is 1.72. The predicted octanol–water partition coefficient (Wildman–Crippen LogP) is 0.925. The van der Waals surface area contributed by atoms with Gasteiger partial charge in [-0.25, -0.2) is 4.79 Å². The van der Waals surface area contributed by atoms with Gasteiger partial charge < -0.3 is 21.5 Å². The van der Waals surface area contributed by atoms with Gasteiger partial charge in [0, 0.05) is 0 Å². The first-order valence-corrected chi connectivity index (χ1v) is 5.30. The number of nitrogens with two attached hydrogens (primary N) is 2. The van der Waals surface area contributed by atoms with Crippen LogP contribution in [-0.4, -0.2) is 24.4 Å². The van der Waals surface area contributed by atoms with E-state index in [0.717, 1.165) is 19.3 Å². The Morgan fingerprint density at radius 2 is 2.00 bits per heavy atom. The van der Waals surface area contributed by atoms with E-state index < -0.39 is 11.7 Å². The van der Waals surface area contributed by atoms with Crippen molar-refractivity contribution in [1.82, 2.24) is 5.32 Å². The average molecular weight is 217 g/mol. The van der Waals surface area contributed by atoms with Crippen LogP contribution in [0.5, 0.6) is 0 Å². The number of nitrogens with one attached hydrogen (secondary N) is 1. The maximum absolute atomic E-state index is 11.3. The highest BCUT2D eigenvalue weighted by molar-refractivity contribution is 5.67. The fourth-order valence-electron chi connectivity index (χ4n) is 1.04. The zero-order valence-corrected chi connectivity index (χ0v) is 9.88. The first-order valence-electron chi connectivity index (χ1n) is 5.30. The second-order valence-corrected chi connectivity index (χ2v) is 4.54. The lowest BCUT2D eigenvalue weighted by molar-refractivity contribution is 0.0503. The molecule has 1 amide bonds. The highest BCUT2D eigenvalue weighted by atomic mass is 16.6. The van der Waals surface area contributed by atoms with Crippen LogP contribution >= 0.6 is 0 Å². The molecule has 5 N–H and O–H groups in total. The molecular formula is C10H23N3O2. The lowest BCUT2D eigenvalue weighted by Crippen LogP contribution is -2.44. The predicted molar refractivity (Wildman–Crippen MR) is 60.3 cm³/mol. The molecule has 0 heterocycles. The second-order valence-electron chi connectivity index (χ2n) is 4.54. The molecule has 0 rings (SSSR count). The van der Waals surface area contributed by atoms with Crippen LogP contribution in [0.25, 0.3) is 0 Å². The molecule has 1 atom stereocenters. The molecule has 0 aromatic rings. The van der Waals surface area contributed by atoms with E-state index in [4.69, 9.17) is 16.2 Å². The number of hydrogen-bond acceptors (Lipinski definition) is 4. The van der Waals surface area contributed by atoms with Crippen molar-refractivity contribution in [3.63, 3.8) is 0 Å². The molecule has 15 heavy (non-hydrogen) atoms. The van der Waals surface area contributed by atoms with E-state index in [1.54, 1.807) is 0 Å². The number of unbranched alkanes of at least 4 members (excludes halogenated alkanes) is 1. The van der Waals surface area contributed by atoms with Gasteiger partial charge in [-0.3, -0.25) is 0 Å². The normalized spacial score (nSPS) is 13.4. The summed E-state index contributed by atoms with van der Waals surface area (Å²) < 4.78 is 5.06. The minimum Gasteiger partial charge on any atom is -0.444 e. The molecule has 0 bridgehead atoms. The van der Waals surface area contributed by atoms with E-state index in [2.05, 4.69) is 5.32 Å². The summed E-state index contributed by atoms with van der Waals surface area (Å²) in [5.74, 6) is 0. The smallest absolute Gasteiger partial charge is 0.408 e. The largest absolute Gasteiger partial charge is 0.444 e. The molecule has 0 fully saturated rings. The number of carbonyl (C=O) groups is 1. The Hall–Kier alpha value is -0.810. The number of carbonyl (C=O) groups excluding carboxylic acids is 1. The minimum absolute atomic E-state index is 0.355. The van der Waals surface area contributed by atoms with E-state index in [-0.39, 0.29) is 6.17 Å². The van der Waals surface area contributed by atoms with Gasteiger partial charge in [0.2, 0.25) is 0 Å². The summed E-state index contributed by atoms with van der Waals surface area (Å²) in [7, 11) is 0. The second kappa shape index (κ2) is 6.63. The van der Waals surface area contributed by atoms with Crippen molar-refractivity contribution in [2.24, 2.45) is 11.5 Å². The van der Waals surface area contributed by atoms with Gasteiger partial charge in [0.15, 0.2) is 0 Å². The van der Waals surface area contributed by atoms with Gasteiger partial charge in [-0.2, -0.15) is 0 Å². The number of ether oxygens (including phenoxy) is 1. The van der Waals surface area contributed by atoms with Gasteiger partial charge in [0.1, 0.15) is 5.60 Å². The van der Waals surface area contributed by atoms with Crippen LogP contribution in [0.3, 0.4) is 0 Å². The van der Waals surface area contributed by atoms with Crippen molar-refractivity contribution < 1.29 is 9.53 Å². The molecule has 0 radical (unpaired) electrons. The first-order chi connectivity index (χ1) is 6.85. The van der Waals surface area contributed by atoms with Crippen LogP contribution in [0.2, 0.25) is 0 Å². The number of rotatable bonds is 5. The van der Waals surface area contributed by atoms with Crippen LogP contribution in [0.1, 0.15) is 40.0 Å². The topological polar surface area (TPSA) is 90.4 Å². The molecule has 0 aliphatic heterocycles. The molecule has 5 nitrogen and oxygen atoms in total. The van der Waals surface area contributed by atoms with Crippen molar-refractivity contribution in [2.45, 2.75) is 51.8 Å². The lowest BCUT2D eigenvalue weighted by Gasteiger charge is -2.21. The van der Waals surface area contributed by atoms with Gasteiger partial charge in [-0.1, -0.05) is 0 Å². The quantitative estimate of drug-likeness (QED) is 0.472. The zero-order valence-electron chi connectivity index (χ0n) is 9.88. The zero-order chi connectivity index (χ0) is 11.9. The van der Waals surface area contributed by atoms with Crippen LogP contribution < -0.4 is 16.8 Å². The third kappa shape index (κ3) is 9.49. The molecule has 1 unspecified atom stereocenters. The first kappa shape index (κ1) is 14.2. The molecular weight excluding hydrogens is 194 g/mol. The van der Waals surface area contributed by atoms with E-state index in [0.29, 0.717) is 6.54 Å². The molecule has 0 saturated carbocycles. The Morgan fingerprint density at radius 1 is 1.40 bits per heavy atom. The fraction of sp³-hybridized carbons (Fsp3) is 0.900. The molecule has 5 heteroatoms. The highest BCUT2D eigenvalue weighted by Gasteiger charge is 2.17. The molecule has 0 aliphatic rings. The standard InChI is InChI=1S/C10H23N3O2/c1-10(2,3)15-9(14)13-8(12)6-4-5-7-11/h8H,4-7,11-12H2,1-3H3,(H,13,14). The van der Waals surface area contributed by atoms with E-state index in [1.807, 2.05) is 20.8 Å². The van der Waals surface area contributed by atoms with E-state index in [1.165, 1.54) is 0 Å². The average Bonchev–Trinajstić information content (AvgIpc) is 2.00. The summed E-state index contributed by atoms with van der Waals surface area (Å²) in [6, 6.07) is 0. The highest BCUT2D eigenvalue weighted by Crippen LogP contribution is 2.06. The molecule has 0 aliphatic carbocycles. The Labute approximate surface area is 91.5 Å². The molecule has 0 spiro atoms. The van der Waals surface area contributed by atoms with Gasteiger partial charge in [0.05, 0.1) is 6.17 Å².